The molecule has 3 rings (SSSR count). The minimum Gasteiger partial charge on any atom is -0.378 e. The number of amides is 1. The van der Waals surface area contributed by atoms with Gasteiger partial charge in [-0.2, -0.15) is 0 Å². The molecule has 0 fully saturated rings. The number of carbonyl (C=O) groups excluding carboxylic acids is 1. The molecular formula is C21H24FN5OS. The summed E-state index contributed by atoms with van der Waals surface area (Å²) in [6.45, 7) is 4.51. The molecule has 1 amide bonds. The van der Waals surface area contributed by atoms with Gasteiger partial charge in [-0.05, 0) is 48.7 Å². The Morgan fingerprint density at radius 3 is 2.66 bits per heavy atom. The number of para-hydroxylation sites is 1. The summed E-state index contributed by atoms with van der Waals surface area (Å²) >= 11 is 1.34. The van der Waals surface area contributed by atoms with Crippen LogP contribution in [-0.2, 0) is 24.8 Å². The van der Waals surface area contributed by atoms with Crippen molar-refractivity contribution in [1.82, 2.24) is 14.8 Å². The second-order valence-electron chi connectivity index (χ2n) is 6.62. The summed E-state index contributed by atoms with van der Waals surface area (Å²) in [5.41, 5.74) is 3.86. The van der Waals surface area contributed by atoms with Gasteiger partial charge in [-0.3, -0.25) is 4.79 Å². The highest BCUT2D eigenvalue weighted by Gasteiger charge is 2.13. The number of carbonyl (C=O) groups is 1. The zero-order valence-electron chi connectivity index (χ0n) is 16.7. The van der Waals surface area contributed by atoms with Gasteiger partial charge in [0.1, 0.15) is 5.82 Å². The fourth-order valence-electron chi connectivity index (χ4n) is 2.88. The lowest BCUT2D eigenvalue weighted by Gasteiger charge is -2.12. The number of benzene rings is 2. The van der Waals surface area contributed by atoms with Gasteiger partial charge >= 0.3 is 0 Å². The monoisotopic (exact) mass is 413 g/mol. The van der Waals surface area contributed by atoms with Crippen molar-refractivity contribution >= 4 is 29.0 Å². The van der Waals surface area contributed by atoms with Gasteiger partial charge in [-0.25, -0.2) is 4.39 Å². The summed E-state index contributed by atoms with van der Waals surface area (Å²) in [6, 6.07) is 12.2. The number of nitrogens with zero attached hydrogens (tertiary/aromatic N) is 3. The molecule has 0 aliphatic heterocycles. The summed E-state index contributed by atoms with van der Waals surface area (Å²) in [4.78, 5) is 12.4. The summed E-state index contributed by atoms with van der Waals surface area (Å²) in [5.74, 6) is 0.620. The average Bonchev–Trinajstić information content (AvgIpc) is 3.07. The van der Waals surface area contributed by atoms with Gasteiger partial charge < -0.3 is 15.2 Å². The quantitative estimate of drug-likeness (QED) is 0.543. The standard InChI is InChI=1S/C21H24FN5OS/c1-4-15-7-5-6-14(2)20(15)24-19(28)13-29-21-26-25-18(27(21)3)12-23-17-10-8-16(22)9-11-17/h5-11,23H,4,12-13H2,1-3H3,(H,24,28). The molecule has 6 nitrogen and oxygen atoms in total. The maximum absolute atomic E-state index is 13.0. The van der Waals surface area contributed by atoms with E-state index in [-0.39, 0.29) is 17.5 Å². The molecule has 0 aliphatic rings. The van der Waals surface area contributed by atoms with Gasteiger partial charge in [0.2, 0.25) is 5.91 Å². The number of halogens is 1. The van der Waals surface area contributed by atoms with E-state index in [0.717, 1.165) is 34.7 Å². The highest BCUT2D eigenvalue weighted by atomic mass is 32.2. The van der Waals surface area contributed by atoms with Crippen LogP contribution < -0.4 is 10.6 Å². The molecule has 0 atom stereocenters. The first-order valence-corrected chi connectivity index (χ1v) is 10.3. The first-order valence-electron chi connectivity index (χ1n) is 9.36. The van der Waals surface area contributed by atoms with E-state index in [1.807, 2.05) is 36.7 Å². The van der Waals surface area contributed by atoms with Gasteiger partial charge in [0.15, 0.2) is 11.0 Å². The molecule has 29 heavy (non-hydrogen) atoms. The summed E-state index contributed by atoms with van der Waals surface area (Å²) in [7, 11) is 1.86. The third-order valence-corrected chi connectivity index (χ3v) is 5.58. The largest absolute Gasteiger partial charge is 0.378 e. The fourth-order valence-corrected chi connectivity index (χ4v) is 3.61. The van der Waals surface area contributed by atoms with E-state index in [9.17, 15) is 9.18 Å². The number of anilines is 2. The van der Waals surface area contributed by atoms with Gasteiger partial charge in [-0.1, -0.05) is 36.9 Å². The van der Waals surface area contributed by atoms with Crippen LogP contribution in [0, 0.1) is 12.7 Å². The smallest absolute Gasteiger partial charge is 0.234 e. The van der Waals surface area contributed by atoms with Crippen LogP contribution >= 0.6 is 11.8 Å². The van der Waals surface area contributed by atoms with Crippen molar-refractivity contribution in [3.05, 3.63) is 65.2 Å². The Hall–Kier alpha value is -2.87. The highest BCUT2D eigenvalue weighted by molar-refractivity contribution is 7.99. The molecule has 0 saturated heterocycles. The maximum atomic E-state index is 13.0. The topological polar surface area (TPSA) is 71.8 Å². The molecule has 0 spiro atoms. The van der Waals surface area contributed by atoms with Gasteiger partial charge in [0.05, 0.1) is 12.3 Å². The summed E-state index contributed by atoms with van der Waals surface area (Å²) in [6.07, 6.45) is 0.859. The number of nitrogens with one attached hydrogen (secondary N) is 2. The van der Waals surface area contributed by atoms with E-state index in [0.29, 0.717) is 11.7 Å². The van der Waals surface area contributed by atoms with Crippen molar-refractivity contribution in [2.75, 3.05) is 16.4 Å². The number of hydrogen-bond acceptors (Lipinski definition) is 5. The minimum atomic E-state index is -0.275. The molecule has 0 radical (unpaired) electrons. The van der Waals surface area contributed by atoms with Crippen LogP contribution in [0.25, 0.3) is 0 Å². The van der Waals surface area contributed by atoms with E-state index < -0.39 is 0 Å². The second kappa shape index (κ2) is 9.56. The molecule has 152 valence electrons. The van der Waals surface area contributed by atoms with Crippen LogP contribution in [0.2, 0.25) is 0 Å². The molecule has 1 aromatic heterocycles. The number of rotatable bonds is 8. The first-order chi connectivity index (χ1) is 14.0. The molecule has 2 aromatic carbocycles. The Bertz CT molecular complexity index is 987. The Labute approximate surface area is 173 Å². The molecule has 0 saturated carbocycles. The van der Waals surface area contributed by atoms with E-state index in [1.165, 1.54) is 23.9 Å². The fraction of sp³-hybridized carbons (Fsp3) is 0.286. The van der Waals surface area contributed by atoms with Crippen molar-refractivity contribution in [1.29, 1.82) is 0 Å². The molecule has 2 N–H and O–H groups in total. The summed E-state index contributed by atoms with van der Waals surface area (Å²) in [5, 5.41) is 15.2. The predicted octanol–water partition coefficient (Wildman–Crippen LogP) is 4.17. The third-order valence-electron chi connectivity index (χ3n) is 4.56. The molecule has 8 heteroatoms. The Morgan fingerprint density at radius 1 is 1.17 bits per heavy atom. The van der Waals surface area contributed by atoms with Crippen LogP contribution in [0.3, 0.4) is 0 Å². The first kappa shape index (κ1) is 20.9. The Kier molecular flexibility index (Phi) is 6.87. The number of thioether (sulfide) groups is 1. The maximum Gasteiger partial charge on any atom is 0.234 e. The Morgan fingerprint density at radius 2 is 1.93 bits per heavy atom. The minimum absolute atomic E-state index is 0.0759. The molecule has 0 unspecified atom stereocenters. The third kappa shape index (κ3) is 5.35. The normalized spacial score (nSPS) is 10.8. The second-order valence-corrected chi connectivity index (χ2v) is 7.56. The van der Waals surface area contributed by atoms with E-state index in [2.05, 4.69) is 27.8 Å². The van der Waals surface area contributed by atoms with Crippen LogP contribution in [0.1, 0.15) is 23.9 Å². The van der Waals surface area contributed by atoms with Crippen molar-refractivity contribution in [2.24, 2.45) is 7.05 Å². The van der Waals surface area contributed by atoms with E-state index >= 15 is 0 Å². The SMILES string of the molecule is CCc1cccc(C)c1NC(=O)CSc1nnc(CNc2ccc(F)cc2)n1C. The lowest BCUT2D eigenvalue weighted by molar-refractivity contribution is -0.113. The zero-order valence-corrected chi connectivity index (χ0v) is 17.5. The van der Waals surface area contributed by atoms with Crippen LogP contribution in [0.15, 0.2) is 47.6 Å². The van der Waals surface area contributed by atoms with Crippen molar-refractivity contribution < 1.29 is 9.18 Å². The number of hydrogen-bond donors (Lipinski definition) is 2. The number of aromatic nitrogens is 3. The number of aryl methyl sites for hydroxylation is 2. The lowest BCUT2D eigenvalue weighted by atomic mass is 10.1. The van der Waals surface area contributed by atoms with Gasteiger partial charge in [-0.15, -0.1) is 10.2 Å². The van der Waals surface area contributed by atoms with Crippen LogP contribution in [0.5, 0.6) is 0 Å². The highest BCUT2D eigenvalue weighted by Crippen LogP contribution is 2.22. The van der Waals surface area contributed by atoms with Crippen LogP contribution in [-0.4, -0.2) is 26.4 Å². The van der Waals surface area contributed by atoms with Crippen molar-refractivity contribution in [2.45, 2.75) is 32.0 Å². The lowest BCUT2D eigenvalue weighted by Crippen LogP contribution is -2.16. The Balaban J connectivity index is 1.56. The van der Waals surface area contributed by atoms with Crippen molar-refractivity contribution in [3.63, 3.8) is 0 Å². The summed E-state index contributed by atoms with van der Waals surface area (Å²) < 4.78 is 14.8. The molecule has 0 aliphatic carbocycles. The molecular weight excluding hydrogens is 389 g/mol. The predicted molar refractivity (Wildman–Crippen MR) is 115 cm³/mol. The van der Waals surface area contributed by atoms with Gasteiger partial charge in [0, 0.05) is 18.4 Å². The average molecular weight is 414 g/mol. The molecule has 3 aromatic rings. The van der Waals surface area contributed by atoms with Gasteiger partial charge in [0.25, 0.3) is 0 Å². The van der Waals surface area contributed by atoms with E-state index in [1.54, 1.807) is 12.1 Å². The van der Waals surface area contributed by atoms with Crippen molar-refractivity contribution in [3.8, 4) is 0 Å². The van der Waals surface area contributed by atoms with Crippen LogP contribution in [0.4, 0.5) is 15.8 Å². The zero-order chi connectivity index (χ0) is 20.8. The molecule has 0 bridgehead atoms. The molecule has 1 heterocycles. The van der Waals surface area contributed by atoms with E-state index in [4.69, 9.17) is 0 Å².